The number of ether oxygens (including phenoxy) is 1. The number of hydrogen-bond acceptors (Lipinski definition) is 6. The summed E-state index contributed by atoms with van der Waals surface area (Å²) in [6.07, 6.45) is 0. The first-order valence-electron chi connectivity index (χ1n) is 7.03. The van der Waals surface area contributed by atoms with Crippen LogP contribution in [0.1, 0.15) is 37.4 Å². The van der Waals surface area contributed by atoms with Crippen LogP contribution in [0.5, 0.6) is 0 Å². The Morgan fingerprint density at radius 1 is 1.08 bits per heavy atom. The third-order valence-corrected chi connectivity index (χ3v) is 4.77. The molecular weight excluding hydrogens is 326 g/mol. The Bertz CT molecular complexity index is 927. The maximum Gasteiger partial charge on any atom is 0.315 e. The summed E-state index contributed by atoms with van der Waals surface area (Å²) in [7, 11) is 1.28. The largest absolute Gasteiger partial charge is 0.468 e. The minimum atomic E-state index is -0.436. The van der Waals surface area contributed by atoms with E-state index in [2.05, 4.69) is 4.74 Å². The number of hydrogen-bond donors (Lipinski definition) is 0. The van der Waals surface area contributed by atoms with E-state index < -0.39 is 5.97 Å². The smallest absolute Gasteiger partial charge is 0.315 e. The van der Waals surface area contributed by atoms with E-state index in [1.54, 1.807) is 30.3 Å². The van der Waals surface area contributed by atoms with Crippen LogP contribution in [0.15, 0.2) is 41.3 Å². The number of rotatable bonds is 3. The number of ketones is 2. The first-order valence-corrected chi connectivity index (χ1v) is 8.02. The van der Waals surface area contributed by atoms with Gasteiger partial charge in [0.25, 0.3) is 0 Å². The molecule has 5 nitrogen and oxygen atoms in total. The minimum absolute atomic E-state index is 0.0166. The Labute approximate surface area is 142 Å². The van der Waals surface area contributed by atoms with Gasteiger partial charge in [-0.3, -0.25) is 14.4 Å². The number of carbonyl (C=O) groups excluding carboxylic acids is 3. The summed E-state index contributed by atoms with van der Waals surface area (Å²) in [6.45, 7) is 0. The van der Waals surface area contributed by atoms with Gasteiger partial charge in [-0.2, -0.15) is 5.26 Å². The molecule has 0 saturated heterocycles. The predicted molar refractivity (Wildman–Crippen MR) is 87.2 cm³/mol. The second-order valence-electron chi connectivity index (χ2n) is 5.04. The highest BCUT2D eigenvalue weighted by Gasteiger charge is 2.32. The van der Waals surface area contributed by atoms with Crippen molar-refractivity contribution in [2.24, 2.45) is 0 Å². The fraction of sp³-hybridized carbons (Fsp3) is 0.111. The number of nitrogens with zero attached hydrogens (tertiary/aromatic N) is 1. The van der Waals surface area contributed by atoms with Gasteiger partial charge >= 0.3 is 5.97 Å². The Balaban J connectivity index is 2.12. The first-order chi connectivity index (χ1) is 11.6. The van der Waals surface area contributed by atoms with Gasteiger partial charge in [-0.25, -0.2) is 0 Å². The monoisotopic (exact) mass is 337 g/mol. The van der Waals surface area contributed by atoms with Crippen molar-refractivity contribution in [3.05, 3.63) is 64.2 Å². The molecule has 0 fully saturated rings. The number of thioether (sulfide) groups is 1. The molecule has 1 aliphatic rings. The molecular formula is C18H11NO4S. The molecule has 2 aromatic rings. The van der Waals surface area contributed by atoms with E-state index >= 15 is 0 Å². The van der Waals surface area contributed by atoms with Crippen molar-refractivity contribution in [1.82, 2.24) is 0 Å². The molecule has 6 heteroatoms. The Morgan fingerprint density at radius 2 is 1.75 bits per heavy atom. The number of nitriles is 1. The molecule has 24 heavy (non-hydrogen) atoms. The molecule has 0 bridgehead atoms. The average molecular weight is 337 g/mol. The van der Waals surface area contributed by atoms with Gasteiger partial charge in [0.15, 0.2) is 11.6 Å². The highest BCUT2D eigenvalue weighted by molar-refractivity contribution is 8.00. The zero-order valence-electron chi connectivity index (χ0n) is 12.7. The molecule has 0 unspecified atom stereocenters. The molecule has 0 heterocycles. The van der Waals surface area contributed by atoms with Crippen LogP contribution in [-0.2, 0) is 9.53 Å². The molecule has 0 atom stereocenters. The predicted octanol–water partition coefficient (Wildman–Crippen LogP) is 2.60. The molecule has 1 aliphatic carbocycles. The fourth-order valence-corrected chi connectivity index (χ4v) is 3.44. The molecule has 0 aliphatic heterocycles. The van der Waals surface area contributed by atoms with Gasteiger partial charge in [0, 0.05) is 21.6 Å². The lowest BCUT2D eigenvalue weighted by Crippen LogP contribution is -2.22. The number of esters is 1. The summed E-state index contributed by atoms with van der Waals surface area (Å²) in [5.74, 6) is -1.05. The van der Waals surface area contributed by atoms with E-state index in [9.17, 15) is 19.6 Å². The van der Waals surface area contributed by atoms with Crippen molar-refractivity contribution in [3.8, 4) is 6.07 Å². The zero-order chi connectivity index (χ0) is 17.3. The van der Waals surface area contributed by atoms with Gasteiger partial charge in [-0.15, -0.1) is 11.8 Å². The van der Waals surface area contributed by atoms with Crippen molar-refractivity contribution in [2.75, 3.05) is 12.9 Å². The van der Waals surface area contributed by atoms with E-state index in [1.807, 2.05) is 6.07 Å². The summed E-state index contributed by atoms with van der Waals surface area (Å²) in [5.41, 5.74) is 1.08. The van der Waals surface area contributed by atoms with Crippen LogP contribution in [0.3, 0.4) is 0 Å². The van der Waals surface area contributed by atoms with Gasteiger partial charge in [-0.05, 0) is 12.1 Å². The summed E-state index contributed by atoms with van der Waals surface area (Å²) < 4.78 is 4.58. The van der Waals surface area contributed by atoms with E-state index in [-0.39, 0.29) is 34.0 Å². The minimum Gasteiger partial charge on any atom is -0.468 e. The maximum atomic E-state index is 12.8. The Kier molecular flexibility index (Phi) is 4.19. The SMILES string of the molecule is COC(=O)CSc1ccc2c(c1C#N)C(=O)c1ccccc1C2=O. The highest BCUT2D eigenvalue weighted by Crippen LogP contribution is 2.34. The molecule has 118 valence electrons. The van der Waals surface area contributed by atoms with Gasteiger partial charge in [0.05, 0.1) is 24.0 Å². The fourth-order valence-electron chi connectivity index (χ4n) is 2.59. The van der Waals surface area contributed by atoms with E-state index in [0.29, 0.717) is 16.0 Å². The Morgan fingerprint density at radius 3 is 2.38 bits per heavy atom. The summed E-state index contributed by atoms with van der Waals surface area (Å²) >= 11 is 1.10. The van der Waals surface area contributed by atoms with Crippen molar-refractivity contribution >= 4 is 29.3 Å². The van der Waals surface area contributed by atoms with Crippen molar-refractivity contribution in [1.29, 1.82) is 5.26 Å². The summed E-state index contributed by atoms with van der Waals surface area (Å²) in [6, 6.07) is 11.7. The van der Waals surface area contributed by atoms with Gasteiger partial charge in [0.2, 0.25) is 0 Å². The van der Waals surface area contributed by atoms with Crippen molar-refractivity contribution in [3.63, 3.8) is 0 Å². The van der Waals surface area contributed by atoms with E-state index in [1.165, 1.54) is 13.2 Å². The van der Waals surface area contributed by atoms with Crippen molar-refractivity contribution in [2.45, 2.75) is 4.90 Å². The molecule has 0 aromatic heterocycles. The topological polar surface area (TPSA) is 84.2 Å². The van der Waals surface area contributed by atoms with Crippen LogP contribution in [-0.4, -0.2) is 30.4 Å². The second-order valence-corrected chi connectivity index (χ2v) is 6.06. The van der Waals surface area contributed by atoms with Crippen LogP contribution in [0.25, 0.3) is 0 Å². The number of benzene rings is 2. The number of methoxy groups -OCH3 is 1. The van der Waals surface area contributed by atoms with Crippen LogP contribution in [0.4, 0.5) is 0 Å². The molecule has 0 amide bonds. The number of carbonyl (C=O) groups is 3. The lowest BCUT2D eigenvalue weighted by atomic mass is 9.82. The third kappa shape index (κ3) is 2.49. The van der Waals surface area contributed by atoms with Gasteiger partial charge in [0.1, 0.15) is 6.07 Å². The van der Waals surface area contributed by atoms with Crippen LogP contribution >= 0.6 is 11.8 Å². The second kappa shape index (κ2) is 6.30. The normalized spacial score (nSPS) is 12.2. The highest BCUT2D eigenvalue weighted by atomic mass is 32.2. The zero-order valence-corrected chi connectivity index (χ0v) is 13.5. The van der Waals surface area contributed by atoms with Crippen LogP contribution < -0.4 is 0 Å². The number of fused-ring (bicyclic) bond motifs is 2. The molecule has 2 aromatic carbocycles. The summed E-state index contributed by atoms with van der Waals surface area (Å²) in [5, 5.41) is 9.51. The van der Waals surface area contributed by atoms with E-state index in [4.69, 9.17) is 0 Å². The van der Waals surface area contributed by atoms with Crippen LogP contribution in [0.2, 0.25) is 0 Å². The van der Waals surface area contributed by atoms with Gasteiger partial charge in [-0.1, -0.05) is 24.3 Å². The molecule has 0 saturated carbocycles. The van der Waals surface area contributed by atoms with Crippen molar-refractivity contribution < 1.29 is 19.1 Å². The van der Waals surface area contributed by atoms with Crippen LogP contribution in [0, 0.1) is 11.3 Å². The molecule has 0 N–H and O–H groups in total. The molecule has 0 spiro atoms. The maximum absolute atomic E-state index is 12.8. The molecule has 0 radical (unpaired) electrons. The molecule has 3 rings (SSSR count). The third-order valence-electron chi connectivity index (χ3n) is 3.74. The summed E-state index contributed by atoms with van der Waals surface area (Å²) in [4.78, 5) is 37.2. The standard InChI is InChI=1S/C18H11NO4S/c1-23-15(20)9-24-14-7-6-12-16(13(14)8-19)18(22)11-5-3-2-4-10(11)17(12)21/h2-7H,9H2,1H3. The van der Waals surface area contributed by atoms with E-state index in [0.717, 1.165) is 11.8 Å². The quantitative estimate of drug-likeness (QED) is 0.539. The van der Waals surface area contributed by atoms with Gasteiger partial charge < -0.3 is 4.74 Å². The lowest BCUT2D eigenvalue weighted by Gasteiger charge is -2.19. The lowest BCUT2D eigenvalue weighted by molar-refractivity contribution is -0.137. The average Bonchev–Trinajstić information content (AvgIpc) is 2.63. The Hall–Kier alpha value is -2.91. The first kappa shape index (κ1) is 16.0.